The first-order valence-corrected chi connectivity index (χ1v) is 7.28. The van der Waals surface area contributed by atoms with Gasteiger partial charge in [0.05, 0.1) is 0 Å². The second kappa shape index (κ2) is 4.42. The number of benzene rings is 2. The van der Waals surface area contributed by atoms with Gasteiger partial charge in [-0.2, -0.15) is 0 Å². The Kier molecular flexibility index (Phi) is 2.57. The first kappa shape index (κ1) is 11.6. The highest BCUT2D eigenvalue weighted by atomic mass is 32.2. The van der Waals surface area contributed by atoms with E-state index in [9.17, 15) is 4.79 Å². The minimum Gasteiger partial charge on any atom is -0.305 e. The van der Waals surface area contributed by atoms with Crippen LogP contribution >= 0.6 is 11.8 Å². The third-order valence-corrected chi connectivity index (χ3v) is 4.85. The average Bonchev–Trinajstić information content (AvgIpc) is 2.90. The predicted molar refractivity (Wildman–Crippen MR) is 79.4 cm³/mol. The van der Waals surface area contributed by atoms with Crippen LogP contribution in [0.3, 0.4) is 0 Å². The molecule has 4 heteroatoms. The maximum atomic E-state index is 12.0. The summed E-state index contributed by atoms with van der Waals surface area (Å²) in [6.45, 7) is 0. The van der Waals surface area contributed by atoms with Crippen molar-refractivity contribution < 1.29 is 0 Å². The quantitative estimate of drug-likeness (QED) is 0.562. The largest absolute Gasteiger partial charge is 0.305 e. The van der Waals surface area contributed by atoms with Gasteiger partial charge in [-0.3, -0.25) is 9.89 Å². The molecule has 0 radical (unpaired) electrons. The second-order valence-electron chi connectivity index (χ2n) is 4.81. The molecule has 3 nitrogen and oxygen atoms in total. The zero-order valence-electron chi connectivity index (χ0n) is 10.6. The molecular formula is C16H12N2OS. The molecule has 0 atom stereocenters. The fourth-order valence-electron chi connectivity index (χ4n) is 2.78. The van der Waals surface area contributed by atoms with Crippen molar-refractivity contribution in [1.29, 1.82) is 0 Å². The van der Waals surface area contributed by atoms with E-state index in [4.69, 9.17) is 0 Å². The number of fused-ring (bicyclic) bond motifs is 2. The van der Waals surface area contributed by atoms with Gasteiger partial charge in [0.1, 0.15) is 0 Å². The lowest BCUT2D eigenvalue weighted by Crippen LogP contribution is -2.16. The van der Waals surface area contributed by atoms with Crippen LogP contribution in [0.5, 0.6) is 0 Å². The normalized spacial score (nSPS) is 13.8. The van der Waals surface area contributed by atoms with Crippen LogP contribution in [0.25, 0.3) is 0 Å². The van der Waals surface area contributed by atoms with E-state index in [-0.39, 0.29) is 11.5 Å². The molecule has 20 heavy (non-hydrogen) atoms. The minimum absolute atomic E-state index is 0.00125. The summed E-state index contributed by atoms with van der Waals surface area (Å²) in [6.07, 6.45) is 1.77. The molecule has 0 amide bonds. The van der Waals surface area contributed by atoms with E-state index in [0.29, 0.717) is 0 Å². The van der Waals surface area contributed by atoms with Crippen LogP contribution in [-0.4, -0.2) is 10.2 Å². The van der Waals surface area contributed by atoms with Gasteiger partial charge in [0, 0.05) is 27.5 Å². The maximum Gasteiger partial charge on any atom is 0.268 e. The molecule has 0 bridgehead atoms. The first-order valence-electron chi connectivity index (χ1n) is 6.46. The summed E-state index contributed by atoms with van der Waals surface area (Å²) in [5.41, 5.74) is 3.11. The number of hydrogen-bond acceptors (Lipinski definition) is 2. The summed E-state index contributed by atoms with van der Waals surface area (Å²) >= 11 is 1.77. The van der Waals surface area contributed by atoms with E-state index in [0.717, 1.165) is 5.56 Å². The lowest BCUT2D eigenvalue weighted by atomic mass is 9.86. The molecule has 2 heterocycles. The highest BCUT2D eigenvalue weighted by molar-refractivity contribution is 7.99. The molecule has 1 aliphatic heterocycles. The van der Waals surface area contributed by atoms with Crippen molar-refractivity contribution in [2.75, 3.05) is 0 Å². The van der Waals surface area contributed by atoms with Gasteiger partial charge in [0.2, 0.25) is 0 Å². The van der Waals surface area contributed by atoms with Crippen molar-refractivity contribution in [3.8, 4) is 0 Å². The molecule has 0 unspecified atom stereocenters. The molecule has 0 fully saturated rings. The van der Waals surface area contributed by atoms with Crippen LogP contribution in [0.4, 0.5) is 0 Å². The van der Waals surface area contributed by atoms with Crippen LogP contribution in [0.15, 0.2) is 69.3 Å². The van der Waals surface area contributed by atoms with Gasteiger partial charge in [-0.05, 0) is 23.3 Å². The molecule has 98 valence electrons. The lowest BCUT2D eigenvalue weighted by molar-refractivity contribution is 0.894. The molecule has 2 aromatic carbocycles. The Balaban J connectivity index is 2.02. The number of H-pyrrole nitrogens is 2. The number of hydrogen-bond donors (Lipinski definition) is 2. The molecule has 1 aromatic heterocycles. The molecule has 0 saturated heterocycles. The summed E-state index contributed by atoms with van der Waals surface area (Å²) in [5.74, 6) is -0.00125. The topological polar surface area (TPSA) is 48.6 Å². The summed E-state index contributed by atoms with van der Waals surface area (Å²) in [5, 5.41) is 5.45. The van der Waals surface area contributed by atoms with Crippen molar-refractivity contribution in [3.05, 3.63) is 81.8 Å². The smallest absolute Gasteiger partial charge is 0.268 e. The van der Waals surface area contributed by atoms with Crippen molar-refractivity contribution in [2.45, 2.75) is 15.7 Å². The van der Waals surface area contributed by atoms with Crippen molar-refractivity contribution >= 4 is 11.8 Å². The third-order valence-electron chi connectivity index (χ3n) is 3.67. The molecule has 4 rings (SSSR count). The number of nitrogens with one attached hydrogen (secondary N) is 2. The lowest BCUT2D eigenvalue weighted by Gasteiger charge is -2.26. The van der Waals surface area contributed by atoms with Gasteiger partial charge >= 0.3 is 0 Å². The number of aromatic nitrogens is 2. The molecular weight excluding hydrogens is 268 g/mol. The summed E-state index contributed by atoms with van der Waals surface area (Å²) in [4.78, 5) is 14.5. The second-order valence-corrected chi connectivity index (χ2v) is 5.89. The molecule has 2 N–H and O–H groups in total. The average molecular weight is 280 g/mol. The van der Waals surface area contributed by atoms with Crippen molar-refractivity contribution in [1.82, 2.24) is 10.2 Å². The minimum atomic E-state index is -0.0495. The summed E-state index contributed by atoms with van der Waals surface area (Å²) < 4.78 is 0. The Morgan fingerprint density at radius 2 is 1.45 bits per heavy atom. The predicted octanol–water partition coefficient (Wildman–Crippen LogP) is 3.35. The highest BCUT2D eigenvalue weighted by Crippen LogP contribution is 2.47. The third kappa shape index (κ3) is 1.65. The van der Waals surface area contributed by atoms with Crippen LogP contribution in [0.1, 0.15) is 22.6 Å². The van der Waals surface area contributed by atoms with E-state index in [1.54, 1.807) is 18.0 Å². The zero-order valence-corrected chi connectivity index (χ0v) is 11.4. The molecule has 3 aromatic rings. The number of aromatic amines is 2. The van der Waals surface area contributed by atoms with Crippen molar-refractivity contribution in [2.24, 2.45) is 0 Å². The highest BCUT2D eigenvalue weighted by Gasteiger charge is 2.29. The molecule has 0 spiro atoms. The van der Waals surface area contributed by atoms with E-state index in [1.165, 1.54) is 20.9 Å². The fraction of sp³-hybridized carbons (Fsp3) is 0.0625. The Bertz CT molecular complexity index is 788. The fourth-order valence-corrected chi connectivity index (χ4v) is 3.91. The monoisotopic (exact) mass is 280 g/mol. The van der Waals surface area contributed by atoms with E-state index < -0.39 is 0 Å². The molecule has 0 saturated carbocycles. The van der Waals surface area contributed by atoms with Crippen LogP contribution < -0.4 is 5.56 Å². The first-order chi connectivity index (χ1) is 9.84. The van der Waals surface area contributed by atoms with E-state index in [1.807, 2.05) is 24.3 Å². The zero-order chi connectivity index (χ0) is 13.5. The maximum absolute atomic E-state index is 12.0. The number of rotatable bonds is 1. The van der Waals surface area contributed by atoms with Gasteiger partial charge in [0.25, 0.3) is 5.56 Å². The van der Waals surface area contributed by atoms with Gasteiger partial charge in [-0.25, -0.2) is 0 Å². The van der Waals surface area contributed by atoms with E-state index >= 15 is 0 Å². The van der Waals surface area contributed by atoms with Crippen LogP contribution in [0, 0.1) is 0 Å². The Labute approximate surface area is 120 Å². The van der Waals surface area contributed by atoms with Crippen molar-refractivity contribution in [3.63, 3.8) is 0 Å². The van der Waals surface area contributed by atoms with Gasteiger partial charge < -0.3 is 5.10 Å². The standard InChI is InChI=1S/C16H12N2OS/c19-16-12(9-17-18-16)15-10-5-1-3-7-13(10)20-14-8-4-2-6-11(14)15/h1-9,15H,(H2,17,18,19). The summed E-state index contributed by atoms with van der Waals surface area (Å²) in [7, 11) is 0. The summed E-state index contributed by atoms with van der Waals surface area (Å²) in [6, 6.07) is 16.6. The van der Waals surface area contributed by atoms with Crippen LogP contribution in [0.2, 0.25) is 0 Å². The van der Waals surface area contributed by atoms with Crippen LogP contribution in [-0.2, 0) is 0 Å². The van der Waals surface area contributed by atoms with E-state index in [2.05, 4.69) is 34.5 Å². The molecule has 0 aliphatic carbocycles. The Morgan fingerprint density at radius 3 is 2.00 bits per heavy atom. The Morgan fingerprint density at radius 1 is 0.850 bits per heavy atom. The van der Waals surface area contributed by atoms with Gasteiger partial charge in [-0.15, -0.1) is 0 Å². The SMILES string of the molecule is O=c1[nH][nH]cc1C1c2ccccc2Sc2ccccc21. The van der Waals surface area contributed by atoms with Gasteiger partial charge in [-0.1, -0.05) is 48.2 Å². The Hall–Kier alpha value is -2.20. The molecule has 1 aliphatic rings. The van der Waals surface area contributed by atoms with Gasteiger partial charge in [0.15, 0.2) is 0 Å².